The van der Waals surface area contributed by atoms with Crippen LogP contribution in [0.5, 0.6) is 0 Å². The smallest absolute Gasteiger partial charge is 0.351 e. The average Bonchev–Trinajstić information content (AvgIpc) is 2.59. The molecule has 0 saturated carbocycles. The summed E-state index contributed by atoms with van der Waals surface area (Å²) in [5, 5.41) is 0. The molecule has 0 aliphatic carbocycles. The maximum absolute atomic E-state index is 12.8. The van der Waals surface area contributed by atoms with E-state index in [-0.39, 0.29) is 22.1 Å². The summed E-state index contributed by atoms with van der Waals surface area (Å²) < 4.78 is 30.6. The third-order valence-corrected chi connectivity index (χ3v) is 5.80. The van der Waals surface area contributed by atoms with Crippen LogP contribution in [0, 0.1) is 0 Å². The van der Waals surface area contributed by atoms with Crippen LogP contribution in [0.4, 0.5) is 0 Å². The van der Waals surface area contributed by atoms with E-state index in [1.165, 1.54) is 0 Å². The van der Waals surface area contributed by atoms with Gasteiger partial charge in [-0.1, -0.05) is 36.4 Å². The van der Waals surface area contributed by atoms with E-state index in [0.29, 0.717) is 11.1 Å². The molecule has 5 nitrogen and oxygen atoms in total. The van der Waals surface area contributed by atoms with Crippen LogP contribution in [0.15, 0.2) is 63.3 Å². The van der Waals surface area contributed by atoms with Crippen LogP contribution in [0.1, 0.15) is 31.0 Å². The molecule has 0 N–H and O–H groups in total. The van der Waals surface area contributed by atoms with Crippen molar-refractivity contribution in [3.05, 3.63) is 59.7 Å². The third kappa shape index (κ3) is 2.63. The summed E-state index contributed by atoms with van der Waals surface area (Å²) in [6.45, 7) is 3.56. The summed E-state index contributed by atoms with van der Waals surface area (Å²) in [5.41, 5.74) is 1.35. The number of carbonyl (C=O) groups excluding carboxylic acids is 1. The number of fused-ring (bicyclic) bond motifs is 2. The molecule has 0 amide bonds. The molecule has 0 unspecified atom stereocenters. The predicted molar refractivity (Wildman–Crippen MR) is 89.9 cm³/mol. The lowest BCUT2D eigenvalue weighted by molar-refractivity contribution is -0.135. The second-order valence-electron chi connectivity index (χ2n) is 5.42. The quantitative estimate of drug-likeness (QED) is 0.634. The number of nitrogens with zero attached hydrogens (tertiary/aromatic N) is 1. The zero-order chi connectivity index (χ0) is 17.3. The Morgan fingerprint density at radius 2 is 1.54 bits per heavy atom. The molecule has 3 rings (SSSR count). The van der Waals surface area contributed by atoms with Crippen molar-refractivity contribution >= 4 is 21.5 Å². The minimum atomic E-state index is -3.59. The van der Waals surface area contributed by atoms with E-state index in [2.05, 4.69) is 4.99 Å². The predicted octanol–water partition coefficient (Wildman–Crippen LogP) is 2.95. The Morgan fingerprint density at radius 3 is 2.04 bits per heavy atom. The first-order valence-corrected chi connectivity index (χ1v) is 9.09. The molecule has 6 heteroatoms. The average molecular weight is 343 g/mol. The number of ether oxygens (including phenoxy) is 1. The van der Waals surface area contributed by atoms with Gasteiger partial charge in [-0.3, -0.25) is 4.99 Å². The number of hydrogen-bond acceptors (Lipinski definition) is 5. The van der Waals surface area contributed by atoms with Crippen molar-refractivity contribution in [2.75, 3.05) is 6.61 Å². The van der Waals surface area contributed by atoms with Gasteiger partial charge >= 0.3 is 5.97 Å². The van der Waals surface area contributed by atoms with Crippen LogP contribution in [0.3, 0.4) is 0 Å². The van der Waals surface area contributed by atoms with E-state index >= 15 is 0 Å². The summed E-state index contributed by atoms with van der Waals surface area (Å²) in [5.74, 6) is -0.499. The molecule has 1 aliphatic rings. The minimum absolute atomic E-state index is 0.214. The van der Waals surface area contributed by atoms with Crippen molar-refractivity contribution in [1.29, 1.82) is 0 Å². The van der Waals surface area contributed by atoms with Crippen molar-refractivity contribution in [2.45, 2.75) is 29.7 Å². The number of esters is 1. The Bertz CT molecular complexity index is 878. The molecule has 2 aromatic carbocycles. The van der Waals surface area contributed by atoms with E-state index in [1.807, 2.05) is 0 Å². The van der Waals surface area contributed by atoms with Gasteiger partial charge in [-0.2, -0.15) is 0 Å². The number of rotatable bonds is 3. The lowest BCUT2D eigenvalue weighted by Gasteiger charge is -2.25. The molecule has 2 aromatic rings. The fraction of sp³-hybridized carbons (Fsp3) is 0.222. The van der Waals surface area contributed by atoms with Gasteiger partial charge < -0.3 is 4.74 Å². The highest BCUT2D eigenvalue weighted by Gasteiger charge is 2.35. The van der Waals surface area contributed by atoms with Crippen molar-refractivity contribution in [3.8, 4) is 0 Å². The molecule has 0 aromatic heterocycles. The molecular formula is C18H17NO4S. The van der Waals surface area contributed by atoms with Gasteiger partial charge in [0.25, 0.3) is 0 Å². The molecule has 0 spiro atoms. The third-order valence-electron chi connectivity index (χ3n) is 3.90. The summed E-state index contributed by atoms with van der Waals surface area (Å²) in [6, 6.07) is 13.0. The van der Waals surface area contributed by atoms with Crippen LogP contribution in [-0.4, -0.2) is 26.7 Å². The first-order chi connectivity index (χ1) is 11.5. The van der Waals surface area contributed by atoms with Crippen molar-refractivity contribution in [2.24, 2.45) is 4.99 Å². The molecule has 0 bridgehead atoms. The Hall–Kier alpha value is -2.47. The summed E-state index contributed by atoms with van der Waals surface area (Å²) in [6.07, 6.45) is 0. The number of hydrogen-bond donors (Lipinski definition) is 0. The summed E-state index contributed by atoms with van der Waals surface area (Å²) >= 11 is 0. The topological polar surface area (TPSA) is 72.8 Å². The Labute approximate surface area is 140 Å². The number of carbonyl (C=O) groups is 1. The molecule has 124 valence electrons. The SMILES string of the molecule is CCOC(=O)C(C)=NC1c2ccccc2S(=O)(=O)c2ccccc21. The standard InChI is InChI=1S/C18H17NO4S/c1-3-23-18(20)12(2)19-17-13-8-4-6-10-15(13)24(21,22)16-11-7-5-9-14(16)17/h4-11,17H,3H2,1-2H3. The van der Waals surface area contributed by atoms with Gasteiger partial charge in [-0.05, 0) is 26.0 Å². The highest BCUT2D eigenvalue weighted by molar-refractivity contribution is 7.91. The zero-order valence-electron chi connectivity index (χ0n) is 13.4. The van der Waals surface area contributed by atoms with Gasteiger partial charge in [0.15, 0.2) is 0 Å². The number of aliphatic imine (C=N–C) groups is 1. The van der Waals surface area contributed by atoms with Gasteiger partial charge in [0.1, 0.15) is 11.8 Å². The molecule has 0 fully saturated rings. The zero-order valence-corrected chi connectivity index (χ0v) is 14.2. The fourth-order valence-electron chi connectivity index (χ4n) is 2.81. The highest BCUT2D eigenvalue weighted by atomic mass is 32.2. The number of sulfone groups is 1. The van der Waals surface area contributed by atoms with E-state index in [9.17, 15) is 13.2 Å². The van der Waals surface area contributed by atoms with E-state index < -0.39 is 21.8 Å². The van der Waals surface area contributed by atoms with E-state index in [1.54, 1.807) is 62.4 Å². The largest absolute Gasteiger partial charge is 0.462 e. The lowest BCUT2D eigenvalue weighted by atomic mass is 9.98. The molecule has 0 atom stereocenters. The molecule has 24 heavy (non-hydrogen) atoms. The van der Waals surface area contributed by atoms with E-state index in [4.69, 9.17) is 4.74 Å². The normalized spacial score (nSPS) is 16.2. The first kappa shape index (κ1) is 16.4. The molecular weight excluding hydrogens is 326 g/mol. The van der Waals surface area contributed by atoms with E-state index in [0.717, 1.165) is 0 Å². The first-order valence-electron chi connectivity index (χ1n) is 7.61. The van der Waals surface area contributed by atoms with Gasteiger partial charge in [0, 0.05) is 11.1 Å². The lowest BCUT2D eigenvalue weighted by Crippen LogP contribution is -2.21. The molecule has 0 radical (unpaired) electrons. The Balaban J connectivity index is 2.22. The monoisotopic (exact) mass is 343 g/mol. The van der Waals surface area contributed by atoms with Crippen LogP contribution in [0.25, 0.3) is 0 Å². The fourth-order valence-corrected chi connectivity index (χ4v) is 4.54. The maximum atomic E-state index is 12.8. The van der Waals surface area contributed by atoms with Gasteiger partial charge in [0.2, 0.25) is 9.84 Å². The van der Waals surface area contributed by atoms with Crippen molar-refractivity contribution < 1.29 is 17.9 Å². The highest BCUT2D eigenvalue weighted by Crippen LogP contribution is 2.42. The van der Waals surface area contributed by atoms with Crippen molar-refractivity contribution in [3.63, 3.8) is 0 Å². The van der Waals surface area contributed by atoms with Crippen LogP contribution in [0.2, 0.25) is 0 Å². The number of benzene rings is 2. The van der Waals surface area contributed by atoms with Gasteiger partial charge in [-0.25, -0.2) is 13.2 Å². The van der Waals surface area contributed by atoms with Crippen LogP contribution >= 0.6 is 0 Å². The Kier molecular flexibility index (Phi) is 4.24. The van der Waals surface area contributed by atoms with Crippen LogP contribution < -0.4 is 0 Å². The van der Waals surface area contributed by atoms with Gasteiger partial charge in [-0.15, -0.1) is 0 Å². The molecule has 0 saturated heterocycles. The maximum Gasteiger partial charge on any atom is 0.351 e. The van der Waals surface area contributed by atoms with Crippen LogP contribution in [-0.2, 0) is 19.4 Å². The van der Waals surface area contributed by atoms with Crippen molar-refractivity contribution in [1.82, 2.24) is 0 Å². The second-order valence-corrected chi connectivity index (χ2v) is 7.30. The molecule has 1 heterocycles. The minimum Gasteiger partial charge on any atom is -0.462 e. The summed E-state index contributed by atoms with van der Waals surface area (Å²) in [4.78, 5) is 16.8. The molecule has 1 aliphatic heterocycles. The Morgan fingerprint density at radius 1 is 1.04 bits per heavy atom. The summed E-state index contributed by atoms with van der Waals surface area (Å²) in [7, 11) is -3.59. The second kappa shape index (κ2) is 6.20. The van der Waals surface area contributed by atoms with Gasteiger partial charge in [0.05, 0.1) is 16.4 Å².